The molecular weight excluding hydrogens is 295 g/mol. The first-order valence-corrected chi connectivity index (χ1v) is 6.63. The topological polar surface area (TPSA) is 113 Å². The lowest BCUT2D eigenvalue weighted by molar-refractivity contribution is -0.385. The number of nitro benzene ring substituents is 1. The van der Waals surface area contributed by atoms with Crippen LogP contribution in [0.2, 0.25) is 0 Å². The predicted octanol–water partition coefficient (Wildman–Crippen LogP) is 2.36. The van der Waals surface area contributed by atoms with Crippen LogP contribution in [0.5, 0.6) is 5.75 Å². The lowest BCUT2D eigenvalue weighted by atomic mass is 9.96. The molecule has 0 fully saturated rings. The van der Waals surface area contributed by atoms with Crippen LogP contribution in [0, 0.1) is 15.9 Å². The summed E-state index contributed by atoms with van der Waals surface area (Å²) in [6.45, 7) is 3.45. The summed E-state index contributed by atoms with van der Waals surface area (Å²) in [7, 11) is 0. The smallest absolute Gasteiger partial charge is 0.283 e. The van der Waals surface area contributed by atoms with Gasteiger partial charge in [0.2, 0.25) is 5.91 Å². The number of carbonyl (C=O) groups excluding carboxylic acids is 2. The summed E-state index contributed by atoms with van der Waals surface area (Å²) in [5, 5.41) is 10.8. The molecule has 1 amide bonds. The number of aldehydes is 1. The van der Waals surface area contributed by atoms with Crippen LogP contribution < -0.4 is 10.5 Å². The first-order valence-electron chi connectivity index (χ1n) is 6.63. The van der Waals surface area contributed by atoms with Crippen molar-refractivity contribution >= 4 is 17.9 Å². The van der Waals surface area contributed by atoms with E-state index in [0.29, 0.717) is 6.42 Å². The Labute approximate surface area is 126 Å². The number of halogens is 1. The summed E-state index contributed by atoms with van der Waals surface area (Å²) in [5.41, 5.74) is 2.90. The summed E-state index contributed by atoms with van der Waals surface area (Å²) >= 11 is 0. The van der Waals surface area contributed by atoms with Crippen LogP contribution in [-0.4, -0.2) is 22.7 Å². The number of nitrogens with zero attached hydrogens (tertiary/aromatic N) is 1. The van der Waals surface area contributed by atoms with Crippen LogP contribution in [0.4, 0.5) is 10.1 Å². The highest BCUT2D eigenvalue weighted by Crippen LogP contribution is 2.32. The summed E-state index contributed by atoms with van der Waals surface area (Å²) in [6, 6.07) is 2.10. The molecule has 120 valence electrons. The summed E-state index contributed by atoms with van der Waals surface area (Å²) in [4.78, 5) is 31.7. The van der Waals surface area contributed by atoms with E-state index in [0.717, 1.165) is 12.1 Å². The van der Waals surface area contributed by atoms with Crippen molar-refractivity contribution in [3.05, 3.63) is 33.6 Å². The average molecular weight is 312 g/mol. The first kappa shape index (κ1) is 17.5. The molecule has 22 heavy (non-hydrogen) atoms. The van der Waals surface area contributed by atoms with Gasteiger partial charge in [0.15, 0.2) is 17.9 Å². The van der Waals surface area contributed by atoms with Crippen molar-refractivity contribution in [2.45, 2.75) is 38.7 Å². The molecule has 0 saturated heterocycles. The summed E-state index contributed by atoms with van der Waals surface area (Å²) in [6.07, 6.45) is 0.839. The molecule has 0 heterocycles. The van der Waals surface area contributed by atoms with Gasteiger partial charge >= 0.3 is 0 Å². The minimum Gasteiger partial charge on any atom is -0.484 e. The van der Waals surface area contributed by atoms with Crippen molar-refractivity contribution in [2.24, 2.45) is 5.73 Å². The van der Waals surface area contributed by atoms with Crippen LogP contribution in [0.15, 0.2) is 12.1 Å². The first-order chi connectivity index (χ1) is 10.2. The average Bonchev–Trinajstić information content (AvgIpc) is 2.46. The predicted molar refractivity (Wildman–Crippen MR) is 76.2 cm³/mol. The molecule has 0 aliphatic heterocycles. The van der Waals surface area contributed by atoms with Crippen molar-refractivity contribution in [3.8, 4) is 5.75 Å². The molecule has 2 N–H and O–H groups in total. The van der Waals surface area contributed by atoms with E-state index in [1.54, 1.807) is 13.8 Å². The normalized spacial score (nSPS) is 13.2. The van der Waals surface area contributed by atoms with Crippen molar-refractivity contribution in [1.82, 2.24) is 0 Å². The van der Waals surface area contributed by atoms with Crippen LogP contribution in [0.1, 0.15) is 43.5 Å². The highest BCUT2D eigenvalue weighted by atomic mass is 19.1. The van der Waals surface area contributed by atoms with E-state index in [1.807, 2.05) is 0 Å². The Morgan fingerprint density at radius 1 is 1.55 bits per heavy atom. The van der Waals surface area contributed by atoms with Gasteiger partial charge in [-0.05, 0) is 25.8 Å². The van der Waals surface area contributed by atoms with Gasteiger partial charge in [0.1, 0.15) is 11.2 Å². The Balaban J connectivity index is 3.14. The molecular formula is C14H17FN2O5. The van der Waals surface area contributed by atoms with Gasteiger partial charge in [0.25, 0.3) is 5.69 Å². The second kappa shape index (κ2) is 6.97. The second-order valence-electron chi connectivity index (χ2n) is 5.06. The third-order valence-electron chi connectivity index (χ3n) is 3.44. The number of rotatable bonds is 8. The number of hydrogen-bond donors (Lipinski definition) is 1. The van der Waals surface area contributed by atoms with Crippen LogP contribution in [0.25, 0.3) is 0 Å². The molecule has 1 rings (SSSR count). The molecule has 0 aliphatic rings. The van der Waals surface area contributed by atoms with Crippen molar-refractivity contribution < 1.29 is 23.6 Å². The highest BCUT2D eigenvalue weighted by Gasteiger charge is 2.29. The van der Waals surface area contributed by atoms with Gasteiger partial charge in [0, 0.05) is 12.5 Å². The van der Waals surface area contributed by atoms with Crippen molar-refractivity contribution in [2.75, 3.05) is 0 Å². The fourth-order valence-electron chi connectivity index (χ4n) is 1.87. The van der Waals surface area contributed by atoms with E-state index >= 15 is 0 Å². The standard InChI is InChI=1S/C14H17FN2O5/c1-3-14(2,7-6-12(16)19)22-11-5-4-10(17(20)21)9(8-18)13(11)15/h4-5,8H,3,6-7H2,1-2H3,(H2,16,19). The molecule has 1 atom stereocenters. The molecule has 0 bridgehead atoms. The quantitative estimate of drug-likeness (QED) is 0.450. The molecule has 0 aliphatic carbocycles. The third-order valence-corrected chi connectivity index (χ3v) is 3.44. The highest BCUT2D eigenvalue weighted by molar-refractivity contribution is 5.82. The minimum atomic E-state index is -1.09. The zero-order chi connectivity index (χ0) is 16.9. The maximum absolute atomic E-state index is 14.2. The lowest BCUT2D eigenvalue weighted by Gasteiger charge is -2.29. The van der Waals surface area contributed by atoms with Gasteiger partial charge in [-0.1, -0.05) is 6.92 Å². The Hall–Kier alpha value is -2.51. The largest absolute Gasteiger partial charge is 0.484 e. The fourth-order valence-corrected chi connectivity index (χ4v) is 1.87. The van der Waals surface area contributed by atoms with Gasteiger partial charge in [0.05, 0.1) is 4.92 Å². The number of nitro groups is 1. The number of ether oxygens (including phenoxy) is 1. The molecule has 1 aromatic rings. The van der Waals surface area contributed by atoms with E-state index in [1.165, 1.54) is 0 Å². The number of amides is 1. The number of benzene rings is 1. The van der Waals surface area contributed by atoms with Gasteiger partial charge < -0.3 is 10.5 Å². The van der Waals surface area contributed by atoms with Gasteiger partial charge in [-0.15, -0.1) is 0 Å². The monoisotopic (exact) mass is 312 g/mol. The minimum absolute atomic E-state index is 0.0550. The maximum atomic E-state index is 14.2. The third kappa shape index (κ3) is 4.00. The van der Waals surface area contributed by atoms with Crippen LogP contribution in [0.3, 0.4) is 0 Å². The SMILES string of the molecule is CCC(C)(CCC(N)=O)Oc1ccc([N+](=O)[O-])c(C=O)c1F. The van der Waals surface area contributed by atoms with E-state index in [4.69, 9.17) is 10.5 Å². The van der Waals surface area contributed by atoms with Crippen molar-refractivity contribution in [3.63, 3.8) is 0 Å². The summed E-state index contributed by atoms with van der Waals surface area (Å²) in [5.74, 6) is -1.88. The molecule has 0 saturated carbocycles. The zero-order valence-corrected chi connectivity index (χ0v) is 12.3. The van der Waals surface area contributed by atoms with Gasteiger partial charge in [-0.3, -0.25) is 19.7 Å². The van der Waals surface area contributed by atoms with Gasteiger partial charge in [-0.25, -0.2) is 4.39 Å². The van der Waals surface area contributed by atoms with E-state index in [2.05, 4.69) is 0 Å². The van der Waals surface area contributed by atoms with Crippen LogP contribution >= 0.6 is 0 Å². The van der Waals surface area contributed by atoms with E-state index < -0.39 is 33.5 Å². The second-order valence-corrected chi connectivity index (χ2v) is 5.06. The molecule has 1 unspecified atom stereocenters. The Morgan fingerprint density at radius 2 is 2.18 bits per heavy atom. The fraction of sp³-hybridized carbons (Fsp3) is 0.429. The Bertz CT molecular complexity index is 605. The molecule has 7 nitrogen and oxygen atoms in total. The Kier molecular flexibility index (Phi) is 5.56. The van der Waals surface area contributed by atoms with E-state index in [9.17, 15) is 24.1 Å². The van der Waals surface area contributed by atoms with Crippen LogP contribution in [-0.2, 0) is 4.79 Å². The molecule has 0 spiro atoms. The summed E-state index contributed by atoms with van der Waals surface area (Å²) < 4.78 is 19.8. The van der Waals surface area contributed by atoms with Crippen molar-refractivity contribution in [1.29, 1.82) is 0 Å². The van der Waals surface area contributed by atoms with E-state index in [-0.39, 0.29) is 24.9 Å². The lowest BCUT2D eigenvalue weighted by Crippen LogP contribution is -2.33. The molecule has 0 aromatic heterocycles. The number of carbonyl (C=O) groups is 2. The number of primary amides is 1. The molecule has 1 aromatic carbocycles. The molecule has 8 heteroatoms. The maximum Gasteiger partial charge on any atom is 0.283 e. The van der Waals surface area contributed by atoms with Gasteiger partial charge in [-0.2, -0.15) is 0 Å². The number of nitrogens with two attached hydrogens (primary N) is 1. The number of hydrogen-bond acceptors (Lipinski definition) is 5. The Morgan fingerprint density at radius 3 is 2.64 bits per heavy atom. The molecule has 0 radical (unpaired) electrons. The zero-order valence-electron chi connectivity index (χ0n) is 12.3.